The molecule has 1 amide bonds. The molecule has 2 aliphatic rings. The maximum absolute atomic E-state index is 12.5. The van der Waals surface area contributed by atoms with Crippen molar-refractivity contribution in [3.63, 3.8) is 0 Å². The predicted octanol–water partition coefficient (Wildman–Crippen LogP) is 3.40. The molecule has 1 saturated heterocycles. The van der Waals surface area contributed by atoms with Crippen LogP contribution in [0.5, 0.6) is 0 Å². The summed E-state index contributed by atoms with van der Waals surface area (Å²) in [6.07, 6.45) is -0.807. The SMILES string of the molecule is CC1COCC1(CC(=O)O)NC(=O)OCC1c2ccccc2-c2ccccc21. The molecule has 6 heteroatoms. The minimum Gasteiger partial charge on any atom is -0.481 e. The van der Waals surface area contributed by atoms with E-state index in [1.165, 1.54) is 0 Å². The van der Waals surface area contributed by atoms with Crippen LogP contribution in [0.4, 0.5) is 4.79 Å². The van der Waals surface area contributed by atoms with Crippen molar-refractivity contribution in [2.75, 3.05) is 19.8 Å². The largest absolute Gasteiger partial charge is 0.481 e. The summed E-state index contributed by atoms with van der Waals surface area (Å²) in [5.74, 6) is -1.12. The molecule has 1 fully saturated rings. The summed E-state index contributed by atoms with van der Waals surface area (Å²) in [4.78, 5) is 23.8. The van der Waals surface area contributed by atoms with E-state index in [9.17, 15) is 14.7 Å². The average Bonchev–Trinajstić information content (AvgIpc) is 3.18. The number of aliphatic carboxylic acids is 1. The molecular formula is C22H23NO5. The first-order valence-corrected chi connectivity index (χ1v) is 9.43. The quantitative estimate of drug-likeness (QED) is 0.829. The van der Waals surface area contributed by atoms with Crippen molar-refractivity contribution in [2.24, 2.45) is 5.92 Å². The summed E-state index contributed by atoms with van der Waals surface area (Å²) >= 11 is 0. The third-order valence-electron chi connectivity index (χ3n) is 5.83. The third kappa shape index (κ3) is 3.24. The van der Waals surface area contributed by atoms with Gasteiger partial charge in [0, 0.05) is 11.8 Å². The number of amides is 1. The molecule has 4 rings (SSSR count). The van der Waals surface area contributed by atoms with Crippen LogP contribution in [0.15, 0.2) is 48.5 Å². The number of carboxylic acid groups (broad SMARTS) is 1. The van der Waals surface area contributed by atoms with Gasteiger partial charge >= 0.3 is 12.1 Å². The first kappa shape index (κ1) is 18.5. The first-order chi connectivity index (χ1) is 13.5. The van der Waals surface area contributed by atoms with Crippen LogP contribution < -0.4 is 5.32 Å². The van der Waals surface area contributed by atoms with Crippen LogP contribution in [-0.4, -0.2) is 42.5 Å². The van der Waals surface area contributed by atoms with E-state index in [1.54, 1.807) is 0 Å². The van der Waals surface area contributed by atoms with Gasteiger partial charge in [0.1, 0.15) is 6.61 Å². The second-order valence-corrected chi connectivity index (χ2v) is 7.59. The highest BCUT2D eigenvalue weighted by atomic mass is 16.6. The van der Waals surface area contributed by atoms with E-state index in [-0.39, 0.29) is 31.5 Å². The Hall–Kier alpha value is -2.86. The summed E-state index contributed by atoms with van der Waals surface area (Å²) in [6, 6.07) is 16.2. The number of benzene rings is 2. The second kappa shape index (κ2) is 7.28. The van der Waals surface area contributed by atoms with Crippen molar-refractivity contribution in [3.8, 4) is 11.1 Å². The Kier molecular flexibility index (Phi) is 4.81. The molecule has 0 radical (unpaired) electrons. The summed E-state index contributed by atoms with van der Waals surface area (Å²) in [6.45, 7) is 2.65. The molecular weight excluding hydrogens is 358 g/mol. The number of nitrogens with one attached hydrogen (secondary N) is 1. The highest BCUT2D eigenvalue weighted by Gasteiger charge is 2.45. The molecule has 1 heterocycles. The van der Waals surface area contributed by atoms with Crippen molar-refractivity contribution in [2.45, 2.75) is 24.8 Å². The van der Waals surface area contributed by atoms with Crippen molar-refractivity contribution in [3.05, 3.63) is 59.7 Å². The lowest BCUT2D eigenvalue weighted by molar-refractivity contribution is -0.139. The predicted molar refractivity (Wildman–Crippen MR) is 103 cm³/mol. The van der Waals surface area contributed by atoms with Gasteiger partial charge in [-0.1, -0.05) is 55.5 Å². The van der Waals surface area contributed by atoms with E-state index in [4.69, 9.17) is 9.47 Å². The number of carboxylic acids is 1. The monoisotopic (exact) mass is 381 g/mol. The van der Waals surface area contributed by atoms with Gasteiger partial charge in [0.05, 0.1) is 25.2 Å². The topological polar surface area (TPSA) is 84.9 Å². The molecule has 0 bridgehead atoms. The minimum atomic E-state index is -0.976. The van der Waals surface area contributed by atoms with E-state index < -0.39 is 17.6 Å². The van der Waals surface area contributed by atoms with Crippen LogP contribution in [0, 0.1) is 5.92 Å². The lowest BCUT2D eigenvalue weighted by Gasteiger charge is -2.31. The Bertz CT molecular complexity index is 866. The number of hydrogen-bond acceptors (Lipinski definition) is 4. The van der Waals surface area contributed by atoms with E-state index >= 15 is 0 Å². The van der Waals surface area contributed by atoms with Crippen LogP contribution in [0.1, 0.15) is 30.4 Å². The van der Waals surface area contributed by atoms with Gasteiger partial charge in [-0.05, 0) is 22.3 Å². The zero-order valence-electron chi connectivity index (χ0n) is 15.7. The molecule has 2 unspecified atom stereocenters. The second-order valence-electron chi connectivity index (χ2n) is 7.59. The van der Waals surface area contributed by atoms with Crippen molar-refractivity contribution in [1.82, 2.24) is 5.32 Å². The number of rotatable bonds is 5. The van der Waals surface area contributed by atoms with Crippen molar-refractivity contribution < 1.29 is 24.2 Å². The third-order valence-corrected chi connectivity index (χ3v) is 5.83. The van der Waals surface area contributed by atoms with Crippen LogP contribution in [-0.2, 0) is 14.3 Å². The minimum absolute atomic E-state index is 0.0363. The lowest BCUT2D eigenvalue weighted by Crippen LogP contribution is -2.54. The fourth-order valence-electron chi connectivity index (χ4n) is 4.26. The Labute approximate surface area is 163 Å². The van der Waals surface area contributed by atoms with Crippen LogP contribution in [0.2, 0.25) is 0 Å². The number of carbonyl (C=O) groups excluding carboxylic acids is 1. The van der Waals surface area contributed by atoms with E-state index in [0.717, 1.165) is 22.3 Å². The maximum Gasteiger partial charge on any atom is 0.407 e. The summed E-state index contributed by atoms with van der Waals surface area (Å²) < 4.78 is 11.0. The molecule has 2 N–H and O–H groups in total. The molecule has 1 aliphatic heterocycles. The number of hydrogen-bond donors (Lipinski definition) is 2. The average molecular weight is 381 g/mol. The Morgan fingerprint density at radius 3 is 2.29 bits per heavy atom. The molecule has 2 aromatic carbocycles. The number of carbonyl (C=O) groups is 2. The number of alkyl carbamates (subject to hydrolysis) is 1. The maximum atomic E-state index is 12.5. The molecule has 2 aromatic rings. The molecule has 146 valence electrons. The standard InChI is InChI=1S/C22H23NO5/c1-14-11-27-13-22(14,10-20(24)25)23-21(26)28-12-19-17-8-4-2-6-15(17)16-7-3-5-9-18(16)19/h2-9,14,19H,10-13H2,1H3,(H,23,26)(H,24,25). The fraction of sp³-hybridized carbons (Fsp3) is 0.364. The van der Waals surface area contributed by atoms with Gasteiger partial charge in [-0.25, -0.2) is 4.79 Å². The van der Waals surface area contributed by atoms with Gasteiger partial charge in [0.25, 0.3) is 0 Å². The molecule has 0 aromatic heterocycles. The van der Waals surface area contributed by atoms with Gasteiger partial charge in [-0.3, -0.25) is 4.79 Å². The lowest BCUT2D eigenvalue weighted by atomic mass is 9.85. The van der Waals surface area contributed by atoms with Crippen LogP contribution >= 0.6 is 0 Å². The fourth-order valence-corrected chi connectivity index (χ4v) is 4.26. The van der Waals surface area contributed by atoms with Gasteiger partial charge < -0.3 is 19.9 Å². The Morgan fingerprint density at radius 1 is 1.14 bits per heavy atom. The van der Waals surface area contributed by atoms with E-state index in [2.05, 4.69) is 29.6 Å². The van der Waals surface area contributed by atoms with Gasteiger partial charge in [-0.15, -0.1) is 0 Å². The van der Waals surface area contributed by atoms with Crippen LogP contribution in [0.25, 0.3) is 11.1 Å². The van der Waals surface area contributed by atoms with Gasteiger partial charge in [-0.2, -0.15) is 0 Å². The Morgan fingerprint density at radius 2 is 1.75 bits per heavy atom. The van der Waals surface area contributed by atoms with E-state index in [1.807, 2.05) is 31.2 Å². The summed E-state index contributed by atoms with van der Waals surface area (Å²) in [7, 11) is 0. The molecule has 2 atom stereocenters. The normalized spacial score (nSPS) is 23.1. The summed E-state index contributed by atoms with van der Waals surface area (Å²) in [5, 5.41) is 12.0. The number of fused-ring (bicyclic) bond motifs is 3. The zero-order valence-corrected chi connectivity index (χ0v) is 15.7. The first-order valence-electron chi connectivity index (χ1n) is 9.43. The molecule has 1 aliphatic carbocycles. The highest BCUT2D eigenvalue weighted by molar-refractivity contribution is 5.79. The molecule has 0 spiro atoms. The van der Waals surface area contributed by atoms with Crippen molar-refractivity contribution >= 4 is 12.1 Å². The smallest absolute Gasteiger partial charge is 0.407 e. The Balaban J connectivity index is 1.49. The molecule has 0 saturated carbocycles. The van der Waals surface area contributed by atoms with Gasteiger partial charge in [0.2, 0.25) is 0 Å². The molecule has 6 nitrogen and oxygen atoms in total. The zero-order chi connectivity index (χ0) is 19.7. The van der Waals surface area contributed by atoms with E-state index in [0.29, 0.717) is 6.61 Å². The number of ether oxygens (including phenoxy) is 2. The highest BCUT2D eigenvalue weighted by Crippen LogP contribution is 2.44. The summed E-state index contributed by atoms with van der Waals surface area (Å²) in [5.41, 5.74) is 3.65. The molecule has 28 heavy (non-hydrogen) atoms. The van der Waals surface area contributed by atoms with Crippen LogP contribution in [0.3, 0.4) is 0 Å². The van der Waals surface area contributed by atoms with Gasteiger partial charge in [0.15, 0.2) is 0 Å². The van der Waals surface area contributed by atoms with Crippen molar-refractivity contribution in [1.29, 1.82) is 0 Å².